The third-order valence-electron chi connectivity index (χ3n) is 5.47. The van der Waals surface area contributed by atoms with Crippen LogP contribution >= 0.6 is 0 Å². The summed E-state index contributed by atoms with van der Waals surface area (Å²) in [7, 11) is -7.95. The standard InChI is InChI=1S/C18H14N2.C6H4NO4S2/c1-12-16(15-7-3-5-9-18(15)20-12)10-13-11-19-17-8-4-2-6-14(13)17;8-12(9)5-3-1-2-4-6(5)13(10,11)7-12/h2-11,20H,1H3;1-4H/q;-1/p+1/b13-10+;. The van der Waals surface area contributed by atoms with E-state index in [1.54, 1.807) is 0 Å². The van der Waals surface area contributed by atoms with E-state index in [1.807, 2.05) is 0 Å². The minimum Gasteiger partial charge on any atom is -0.428 e. The van der Waals surface area contributed by atoms with Crippen LogP contribution in [0.15, 0.2) is 82.6 Å². The number of benzene rings is 3. The highest BCUT2D eigenvalue weighted by Crippen LogP contribution is 2.37. The van der Waals surface area contributed by atoms with E-state index in [4.69, 9.17) is 0 Å². The van der Waals surface area contributed by atoms with E-state index < -0.39 is 20.0 Å². The van der Waals surface area contributed by atoms with Crippen LogP contribution in [0.2, 0.25) is 0 Å². The van der Waals surface area contributed by atoms with Crippen LogP contribution in [-0.4, -0.2) is 28.0 Å². The van der Waals surface area contributed by atoms with Gasteiger partial charge in [-0.15, -0.1) is 0 Å². The van der Waals surface area contributed by atoms with Crippen molar-refractivity contribution in [1.82, 2.24) is 4.98 Å². The molecule has 33 heavy (non-hydrogen) atoms. The first-order valence-corrected chi connectivity index (χ1v) is 13.0. The van der Waals surface area contributed by atoms with Crippen molar-refractivity contribution in [2.75, 3.05) is 0 Å². The summed E-state index contributed by atoms with van der Waals surface area (Å²) >= 11 is 0. The summed E-state index contributed by atoms with van der Waals surface area (Å²) in [6, 6.07) is 22.2. The molecule has 2 aliphatic heterocycles. The van der Waals surface area contributed by atoms with Crippen LogP contribution in [0.1, 0.15) is 16.8 Å². The molecular weight excluding hydrogens is 458 g/mol. The van der Waals surface area contributed by atoms with Crippen LogP contribution in [0.3, 0.4) is 0 Å². The van der Waals surface area contributed by atoms with E-state index in [1.165, 1.54) is 63.2 Å². The van der Waals surface area contributed by atoms with Gasteiger partial charge >= 0.3 is 0 Å². The highest BCUT2D eigenvalue weighted by atomic mass is 32.3. The number of hydrogen-bond donors (Lipinski definition) is 2. The number of H-pyrrole nitrogens is 1. The van der Waals surface area contributed by atoms with Crippen LogP contribution in [-0.2, 0) is 20.0 Å². The van der Waals surface area contributed by atoms with E-state index in [-0.39, 0.29) is 9.79 Å². The average molecular weight is 478 g/mol. The molecule has 6 rings (SSSR count). The van der Waals surface area contributed by atoms with Gasteiger partial charge in [-0.1, -0.05) is 42.5 Å². The number of allylic oxidation sites excluding steroid dienone is 1. The third kappa shape index (κ3) is 3.80. The van der Waals surface area contributed by atoms with E-state index in [0.717, 1.165) is 0 Å². The maximum absolute atomic E-state index is 11.1. The second-order valence-electron chi connectivity index (χ2n) is 7.61. The number of rotatable bonds is 1. The van der Waals surface area contributed by atoms with Crippen LogP contribution in [0.5, 0.6) is 0 Å². The zero-order valence-corrected chi connectivity index (χ0v) is 19.1. The lowest BCUT2D eigenvalue weighted by molar-refractivity contribution is -0.342. The van der Waals surface area contributed by atoms with E-state index in [2.05, 4.69) is 81.8 Å². The first-order valence-electron chi connectivity index (χ1n) is 10.1. The van der Waals surface area contributed by atoms with Crippen molar-refractivity contribution in [3.63, 3.8) is 0 Å². The molecule has 0 fully saturated rings. The fourth-order valence-corrected chi connectivity index (χ4v) is 7.39. The van der Waals surface area contributed by atoms with Crippen molar-refractivity contribution < 1.29 is 21.8 Å². The third-order valence-corrected chi connectivity index (χ3v) is 8.99. The minimum absolute atomic E-state index is 0.241. The highest BCUT2D eigenvalue weighted by molar-refractivity contribution is 8.14. The molecule has 9 heteroatoms. The molecule has 0 spiro atoms. The molecule has 4 aromatic rings. The van der Waals surface area contributed by atoms with E-state index >= 15 is 0 Å². The number of nitrogens with one attached hydrogen (secondary N) is 2. The van der Waals surface area contributed by atoms with Crippen molar-refractivity contribution >= 4 is 54.5 Å². The first kappa shape index (κ1) is 21.3. The summed E-state index contributed by atoms with van der Waals surface area (Å²) in [5.74, 6) is 0. The fraction of sp³-hybridized carbons (Fsp3) is 0.0417. The van der Waals surface area contributed by atoms with Crippen molar-refractivity contribution in [2.24, 2.45) is 0 Å². The van der Waals surface area contributed by atoms with Crippen molar-refractivity contribution in [3.05, 3.63) is 93.7 Å². The summed E-state index contributed by atoms with van der Waals surface area (Å²) in [5.41, 5.74) is 7.33. The van der Waals surface area contributed by atoms with Gasteiger partial charge < -0.3 is 9.11 Å². The molecule has 0 unspecified atom stereocenters. The van der Waals surface area contributed by atoms with Gasteiger partial charge in [-0.25, -0.2) is 21.8 Å². The predicted octanol–water partition coefficient (Wildman–Crippen LogP) is 3.26. The lowest BCUT2D eigenvalue weighted by Gasteiger charge is -2.05. The molecular formula is C24H19N3O4S2. The number of para-hydroxylation sites is 2. The molecule has 1 aromatic heterocycles. The Balaban J connectivity index is 0.000000152. The summed E-state index contributed by atoms with van der Waals surface area (Å²) in [6.07, 6.45) is 4.33. The molecule has 0 atom stereocenters. The second kappa shape index (κ2) is 7.80. The minimum atomic E-state index is -3.98. The maximum atomic E-state index is 11.1. The Bertz CT molecular complexity index is 1630. The number of aryl methyl sites for hydroxylation is 1. The molecule has 2 N–H and O–H groups in total. The van der Waals surface area contributed by atoms with Gasteiger partial charge in [0, 0.05) is 28.2 Å². The Kier molecular flexibility index (Phi) is 5.04. The van der Waals surface area contributed by atoms with Crippen LogP contribution < -0.4 is 4.99 Å². The molecule has 0 radical (unpaired) electrons. The molecule has 7 nitrogen and oxygen atoms in total. The molecule has 2 aliphatic rings. The largest absolute Gasteiger partial charge is 0.428 e. The Hall–Kier alpha value is -3.53. The summed E-state index contributed by atoms with van der Waals surface area (Å²) < 4.78 is 47.3. The Labute approximate surface area is 191 Å². The topological polar surface area (TPSA) is 112 Å². The van der Waals surface area contributed by atoms with Gasteiger partial charge in [0.05, 0.1) is 20.9 Å². The van der Waals surface area contributed by atoms with E-state index in [9.17, 15) is 16.8 Å². The fourth-order valence-electron chi connectivity index (χ4n) is 3.94. The molecule has 0 amide bonds. The van der Waals surface area contributed by atoms with Crippen LogP contribution in [0.4, 0.5) is 5.69 Å². The number of hydrogen-bond acceptors (Lipinski definition) is 4. The number of sulfonamides is 2. The number of fused-ring (bicyclic) bond motifs is 3. The second-order valence-corrected chi connectivity index (χ2v) is 11.0. The van der Waals surface area contributed by atoms with Crippen LogP contribution in [0.25, 0.3) is 26.7 Å². The van der Waals surface area contributed by atoms with Crippen molar-refractivity contribution in [1.29, 1.82) is 0 Å². The smallest absolute Gasteiger partial charge is 0.211 e. The molecule has 0 aliphatic carbocycles. The summed E-state index contributed by atoms with van der Waals surface area (Å²) in [4.78, 5) is 6.29. The van der Waals surface area contributed by atoms with Gasteiger partial charge in [-0.3, -0.25) is 0 Å². The summed E-state index contributed by atoms with van der Waals surface area (Å²) in [6.45, 7) is 2.13. The van der Waals surface area contributed by atoms with Crippen molar-refractivity contribution in [3.8, 4) is 0 Å². The molecule has 3 heterocycles. The predicted molar refractivity (Wildman–Crippen MR) is 128 cm³/mol. The van der Waals surface area contributed by atoms with Crippen molar-refractivity contribution in [2.45, 2.75) is 16.7 Å². The molecule has 0 bridgehead atoms. The Morgan fingerprint density at radius 3 is 2.15 bits per heavy atom. The van der Waals surface area contributed by atoms with E-state index in [0.29, 0.717) is 0 Å². The number of aromatic amines is 1. The molecule has 3 aromatic carbocycles. The first-order chi connectivity index (χ1) is 15.8. The number of nitrogens with zero attached hydrogens (tertiary/aromatic N) is 1. The lowest BCUT2D eigenvalue weighted by Crippen LogP contribution is -2.58. The normalized spacial score (nSPS) is 18.0. The molecule has 166 valence electrons. The zero-order valence-electron chi connectivity index (χ0n) is 17.5. The Morgan fingerprint density at radius 2 is 1.42 bits per heavy atom. The van der Waals surface area contributed by atoms with Gasteiger partial charge in [0.1, 0.15) is 20.0 Å². The SMILES string of the molecule is Cc1[nH]c2ccccc2c1/C=C1\C=[NH+]c2ccccc21.O=S1(=O)[N-]S(=O)(=O)c2ccccc21. The Morgan fingerprint density at radius 1 is 0.818 bits per heavy atom. The van der Waals surface area contributed by atoms with Gasteiger partial charge in [-0.2, -0.15) is 0 Å². The van der Waals surface area contributed by atoms with Gasteiger partial charge in [0.2, 0.25) is 5.69 Å². The molecule has 0 saturated heterocycles. The highest BCUT2D eigenvalue weighted by Gasteiger charge is 2.26. The maximum Gasteiger partial charge on any atom is 0.211 e. The van der Waals surface area contributed by atoms with Crippen LogP contribution in [0, 0.1) is 6.92 Å². The van der Waals surface area contributed by atoms with Gasteiger partial charge in [0.25, 0.3) is 0 Å². The zero-order chi connectivity index (χ0) is 23.2. The number of aromatic nitrogens is 1. The lowest BCUT2D eigenvalue weighted by atomic mass is 10.0. The average Bonchev–Trinajstić information content (AvgIpc) is 3.40. The molecule has 0 saturated carbocycles. The van der Waals surface area contributed by atoms with Gasteiger partial charge in [-0.05, 0) is 37.3 Å². The van der Waals surface area contributed by atoms with Gasteiger partial charge in [0.15, 0.2) is 6.21 Å². The summed E-state index contributed by atoms with van der Waals surface area (Å²) in [5, 5.41) is 1.27. The monoisotopic (exact) mass is 477 g/mol. The quantitative estimate of drug-likeness (QED) is 0.438.